The molecule has 1 atom stereocenters. The average Bonchev–Trinajstić information content (AvgIpc) is 1.82. The fourth-order valence-corrected chi connectivity index (χ4v) is 0.558. The predicted molar refractivity (Wildman–Crippen MR) is 38.5 cm³/mol. The first-order valence-corrected chi connectivity index (χ1v) is 3.62. The summed E-state index contributed by atoms with van der Waals surface area (Å²) >= 11 is 0. The maximum absolute atomic E-state index is 11.9. The van der Waals surface area contributed by atoms with E-state index >= 15 is 0 Å². The van der Waals surface area contributed by atoms with E-state index in [9.17, 15) is 18.0 Å². The van der Waals surface area contributed by atoms with E-state index < -0.39 is 18.0 Å². The van der Waals surface area contributed by atoms with E-state index in [-0.39, 0.29) is 6.04 Å². The van der Waals surface area contributed by atoms with Crippen LogP contribution in [0, 0.1) is 5.92 Å². The molecule has 0 heterocycles. The average molecular weight is 183 g/mol. The van der Waals surface area contributed by atoms with Crippen molar-refractivity contribution < 1.29 is 18.0 Å². The summed E-state index contributed by atoms with van der Waals surface area (Å²) in [5.41, 5.74) is 0. The zero-order chi connectivity index (χ0) is 9.94. The fourth-order valence-electron chi connectivity index (χ4n) is 0.558. The molecular weight excluding hydrogens is 171 g/mol. The van der Waals surface area contributed by atoms with Crippen molar-refractivity contribution in [1.82, 2.24) is 5.32 Å². The minimum atomic E-state index is -4.45. The number of carbonyl (C=O) groups excluding carboxylic acids is 1. The fraction of sp³-hybridized carbons (Fsp3) is 0.857. The van der Waals surface area contributed by atoms with Crippen LogP contribution in [0.25, 0.3) is 0 Å². The van der Waals surface area contributed by atoms with Crippen LogP contribution in [0.2, 0.25) is 0 Å². The number of hydrogen-bond donors (Lipinski definition) is 1. The van der Waals surface area contributed by atoms with Crippen molar-refractivity contribution in [2.75, 3.05) is 0 Å². The van der Waals surface area contributed by atoms with Gasteiger partial charge in [-0.1, -0.05) is 0 Å². The van der Waals surface area contributed by atoms with Crippen molar-refractivity contribution in [3.05, 3.63) is 0 Å². The van der Waals surface area contributed by atoms with Gasteiger partial charge in [-0.05, 0) is 20.8 Å². The van der Waals surface area contributed by atoms with Gasteiger partial charge < -0.3 is 5.32 Å². The van der Waals surface area contributed by atoms with Crippen LogP contribution in [-0.2, 0) is 4.79 Å². The number of nitrogens with one attached hydrogen (secondary N) is 1. The molecule has 1 N–H and O–H groups in total. The Labute approximate surface area is 69.1 Å². The third-order valence-electron chi connectivity index (χ3n) is 1.32. The summed E-state index contributed by atoms with van der Waals surface area (Å²) in [4.78, 5) is 10.8. The van der Waals surface area contributed by atoms with Crippen LogP contribution in [0.3, 0.4) is 0 Å². The van der Waals surface area contributed by atoms with Gasteiger partial charge in [0.25, 0.3) is 0 Å². The van der Waals surface area contributed by atoms with Crippen molar-refractivity contribution >= 4 is 5.91 Å². The molecule has 0 aromatic heterocycles. The molecule has 2 nitrogen and oxygen atoms in total. The highest BCUT2D eigenvalue weighted by Gasteiger charge is 2.41. The minimum absolute atomic E-state index is 0.262. The van der Waals surface area contributed by atoms with E-state index in [1.165, 1.54) is 0 Å². The van der Waals surface area contributed by atoms with Gasteiger partial charge in [0.05, 0.1) is 0 Å². The molecular formula is C7H12F3NO. The molecule has 1 amide bonds. The second kappa shape index (κ2) is 3.78. The number of amides is 1. The lowest BCUT2D eigenvalue weighted by atomic mass is 10.1. The van der Waals surface area contributed by atoms with Crippen LogP contribution in [0.15, 0.2) is 0 Å². The van der Waals surface area contributed by atoms with E-state index in [1.807, 2.05) is 0 Å². The highest BCUT2D eigenvalue weighted by Crippen LogP contribution is 2.25. The molecule has 72 valence electrons. The molecule has 0 aliphatic carbocycles. The van der Waals surface area contributed by atoms with Crippen LogP contribution in [-0.4, -0.2) is 18.1 Å². The minimum Gasteiger partial charge on any atom is -0.353 e. The van der Waals surface area contributed by atoms with Gasteiger partial charge >= 0.3 is 6.18 Å². The predicted octanol–water partition coefficient (Wildman–Crippen LogP) is 1.71. The summed E-state index contributed by atoms with van der Waals surface area (Å²) in [5.74, 6) is -2.91. The molecule has 0 aliphatic heterocycles. The van der Waals surface area contributed by atoms with Crippen molar-refractivity contribution in [3.63, 3.8) is 0 Å². The molecule has 0 aliphatic rings. The van der Waals surface area contributed by atoms with Gasteiger partial charge in [0, 0.05) is 6.04 Å². The molecule has 0 aromatic rings. The summed E-state index contributed by atoms with van der Waals surface area (Å²) in [5, 5.41) is 2.19. The van der Waals surface area contributed by atoms with Gasteiger partial charge in [-0.15, -0.1) is 0 Å². The van der Waals surface area contributed by atoms with Crippen LogP contribution in [0.5, 0.6) is 0 Å². The first kappa shape index (κ1) is 11.3. The third kappa shape index (κ3) is 3.59. The Morgan fingerprint density at radius 3 is 1.92 bits per heavy atom. The first-order chi connectivity index (χ1) is 5.25. The van der Waals surface area contributed by atoms with Crippen molar-refractivity contribution in [1.29, 1.82) is 0 Å². The molecule has 0 bridgehead atoms. The normalized spacial score (nSPS) is 14.6. The summed E-state index contributed by atoms with van der Waals surface area (Å²) in [6.45, 7) is 4.07. The molecule has 0 saturated heterocycles. The van der Waals surface area contributed by atoms with Gasteiger partial charge in [0.15, 0.2) is 0 Å². The van der Waals surface area contributed by atoms with Crippen LogP contribution < -0.4 is 5.32 Å². The third-order valence-corrected chi connectivity index (χ3v) is 1.32. The van der Waals surface area contributed by atoms with Gasteiger partial charge in [-0.25, -0.2) is 0 Å². The van der Waals surface area contributed by atoms with Crippen molar-refractivity contribution in [2.45, 2.75) is 33.0 Å². The summed E-state index contributed by atoms with van der Waals surface area (Å²) < 4.78 is 35.7. The number of rotatable bonds is 2. The zero-order valence-corrected chi connectivity index (χ0v) is 7.20. The highest BCUT2D eigenvalue weighted by atomic mass is 19.4. The molecule has 0 unspecified atom stereocenters. The standard InChI is InChI=1S/C7H12F3NO/c1-4(2)11-6(12)5(3)7(8,9)10/h4-5H,1-3H3,(H,11,12)/t5-/m0/s1. The Balaban J connectivity index is 4.12. The van der Waals surface area contributed by atoms with Crippen molar-refractivity contribution in [2.24, 2.45) is 5.92 Å². The van der Waals surface area contributed by atoms with Gasteiger partial charge in [-0.3, -0.25) is 4.79 Å². The Hall–Kier alpha value is -0.740. The topological polar surface area (TPSA) is 29.1 Å². The Morgan fingerprint density at radius 1 is 1.25 bits per heavy atom. The maximum Gasteiger partial charge on any atom is 0.400 e. The monoisotopic (exact) mass is 183 g/mol. The van der Waals surface area contributed by atoms with Gasteiger partial charge in [0.1, 0.15) is 5.92 Å². The van der Waals surface area contributed by atoms with E-state index in [2.05, 4.69) is 5.32 Å². The molecule has 0 rings (SSSR count). The van der Waals surface area contributed by atoms with Crippen LogP contribution >= 0.6 is 0 Å². The molecule has 0 aromatic carbocycles. The van der Waals surface area contributed by atoms with E-state index in [0.717, 1.165) is 6.92 Å². The van der Waals surface area contributed by atoms with E-state index in [1.54, 1.807) is 13.8 Å². The lowest BCUT2D eigenvalue weighted by Crippen LogP contribution is -2.40. The number of hydrogen-bond acceptors (Lipinski definition) is 1. The Morgan fingerprint density at radius 2 is 1.67 bits per heavy atom. The van der Waals surface area contributed by atoms with E-state index in [4.69, 9.17) is 0 Å². The molecule has 0 fully saturated rings. The number of halogens is 3. The first-order valence-electron chi connectivity index (χ1n) is 3.62. The summed E-state index contributed by atoms with van der Waals surface area (Å²) in [6.07, 6.45) is -4.45. The van der Waals surface area contributed by atoms with Gasteiger partial charge in [-0.2, -0.15) is 13.2 Å². The lowest BCUT2D eigenvalue weighted by molar-refractivity contribution is -0.179. The van der Waals surface area contributed by atoms with E-state index in [0.29, 0.717) is 0 Å². The molecule has 0 radical (unpaired) electrons. The Bertz CT molecular complexity index is 165. The highest BCUT2D eigenvalue weighted by molar-refractivity contribution is 5.79. The zero-order valence-electron chi connectivity index (χ0n) is 7.20. The second-order valence-electron chi connectivity index (χ2n) is 2.93. The lowest BCUT2D eigenvalue weighted by Gasteiger charge is -2.16. The smallest absolute Gasteiger partial charge is 0.353 e. The number of alkyl halides is 3. The quantitative estimate of drug-likeness (QED) is 0.693. The summed E-state index contributed by atoms with van der Waals surface area (Å²) in [7, 11) is 0. The maximum atomic E-state index is 11.9. The molecule has 0 spiro atoms. The largest absolute Gasteiger partial charge is 0.400 e. The van der Waals surface area contributed by atoms with Crippen LogP contribution in [0.1, 0.15) is 20.8 Å². The number of carbonyl (C=O) groups is 1. The molecule has 12 heavy (non-hydrogen) atoms. The van der Waals surface area contributed by atoms with Gasteiger partial charge in [0.2, 0.25) is 5.91 Å². The van der Waals surface area contributed by atoms with Crippen molar-refractivity contribution in [3.8, 4) is 0 Å². The van der Waals surface area contributed by atoms with Crippen LogP contribution in [0.4, 0.5) is 13.2 Å². The molecule has 5 heteroatoms. The summed E-state index contributed by atoms with van der Waals surface area (Å²) in [6, 6.07) is -0.262. The SMILES string of the molecule is CC(C)NC(=O)[C@H](C)C(F)(F)F. The Kier molecular flexibility index (Phi) is 3.55. The second-order valence-corrected chi connectivity index (χ2v) is 2.93. The molecule has 0 saturated carbocycles.